The Bertz CT molecular complexity index is 939. The highest BCUT2D eigenvalue weighted by Gasteiger charge is 2.27. The predicted molar refractivity (Wildman–Crippen MR) is 100 cm³/mol. The van der Waals surface area contributed by atoms with Gasteiger partial charge in [0.05, 0.1) is 5.75 Å². The zero-order valence-corrected chi connectivity index (χ0v) is 15.4. The van der Waals surface area contributed by atoms with Crippen molar-refractivity contribution in [3.05, 3.63) is 47.9 Å². The molecule has 0 atom stereocenters. The molecular weight excluding hydrogens is 366 g/mol. The zero-order chi connectivity index (χ0) is 18.8. The maximum Gasteiger partial charge on any atom is 0.289 e. The number of hydrogen-bond acceptors (Lipinski definition) is 6. The molecule has 0 saturated carbocycles. The van der Waals surface area contributed by atoms with Crippen LogP contribution in [0.3, 0.4) is 0 Å². The van der Waals surface area contributed by atoms with Crippen LogP contribution >= 0.6 is 11.8 Å². The standard InChI is InChI=1S/C19H19N3O4S/c20-17(23)12-7-9-22(10-8-12)18(24)16-6-5-13(25-16)11-27-19-21-14-3-1-2-4-15(14)26-19/h1-6,12H,7-11H2,(H2,20,23). The van der Waals surface area contributed by atoms with Crippen molar-refractivity contribution in [3.8, 4) is 0 Å². The lowest BCUT2D eigenvalue weighted by atomic mass is 9.96. The van der Waals surface area contributed by atoms with E-state index in [0.29, 0.717) is 48.4 Å². The van der Waals surface area contributed by atoms with E-state index in [-0.39, 0.29) is 17.7 Å². The van der Waals surface area contributed by atoms with Gasteiger partial charge in [-0.25, -0.2) is 4.98 Å². The first-order valence-corrected chi connectivity index (χ1v) is 9.74. The van der Waals surface area contributed by atoms with Gasteiger partial charge >= 0.3 is 0 Å². The van der Waals surface area contributed by atoms with E-state index >= 15 is 0 Å². The van der Waals surface area contributed by atoms with Gasteiger partial charge in [-0.3, -0.25) is 9.59 Å². The third-order valence-corrected chi connectivity index (χ3v) is 5.52. The van der Waals surface area contributed by atoms with Crippen molar-refractivity contribution in [2.75, 3.05) is 13.1 Å². The summed E-state index contributed by atoms with van der Waals surface area (Å²) in [6.45, 7) is 1.03. The Labute approximate surface area is 159 Å². The Morgan fingerprint density at radius 1 is 1.15 bits per heavy atom. The Morgan fingerprint density at radius 2 is 1.93 bits per heavy atom. The number of rotatable bonds is 5. The fourth-order valence-electron chi connectivity index (χ4n) is 3.14. The molecule has 1 aliphatic heterocycles. The van der Waals surface area contributed by atoms with Gasteiger partial charge in [-0.2, -0.15) is 0 Å². The van der Waals surface area contributed by atoms with E-state index in [4.69, 9.17) is 14.6 Å². The third kappa shape index (κ3) is 3.85. The molecule has 4 rings (SSSR count). The van der Waals surface area contributed by atoms with Crippen LogP contribution in [0, 0.1) is 5.92 Å². The number of fused-ring (bicyclic) bond motifs is 1. The van der Waals surface area contributed by atoms with Gasteiger partial charge < -0.3 is 19.5 Å². The van der Waals surface area contributed by atoms with E-state index in [1.807, 2.05) is 24.3 Å². The number of thioether (sulfide) groups is 1. The first kappa shape index (κ1) is 17.7. The zero-order valence-electron chi connectivity index (χ0n) is 14.6. The Hall–Kier alpha value is -2.74. The molecule has 0 spiro atoms. The Morgan fingerprint density at radius 3 is 2.67 bits per heavy atom. The highest BCUT2D eigenvalue weighted by atomic mass is 32.2. The van der Waals surface area contributed by atoms with E-state index in [2.05, 4.69) is 4.98 Å². The fourth-order valence-corrected chi connectivity index (χ4v) is 3.87. The number of nitrogens with zero attached hydrogens (tertiary/aromatic N) is 2. The lowest BCUT2D eigenvalue weighted by Crippen LogP contribution is -2.41. The van der Waals surface area contributed by atoms with Gasteiger partial charge in [-0.05, 0) is 37.1 Å². The highest BCUT2D eigenvalue weighted by molar-refractivity contribution is 7.98. The van der Waals surface area contributed by atoms with Gasteiger partial charge in [0.25, 0.3) is 11.1 Å². The first-order valence-electron chi connectivity index (χ1n) is 8.76. The number of para-hydroxylation sites is 2. The monoisotopic (exact) mass is 385 g/mol. The van der Waals surface area contributed by atoms with E-state index in [9.17, 15) is 9.59 Å². The number of hydrogen-bond donors (Lipinski definition) is 1. The van der Waals surface area contributed by atoms with Gasteiger partial charge in [-0.15, -0.1) is 0 Å². The molecule has 1 aliphatic rings. The third-order valence-electron chi connectivity index (χ3n) is 4.67. The van der Waals surface area contributed by atoms with Crippen LogP contribution in [0.1, 0.15) is 29.2 Å². The van der Waals surface area contributed by atoms with E-state index < -0.39 is 0 Å². The summed E-state index contributed by atoms with van der Waals surface area (Å²) in [6.07, 6.45) is 1.20. The molecule has 140 valence electrons. The minimum absolute atomic E-state index is 0.145. The summed E-state index contributed by atoms with van der Waals surface area (Å²) in [4.78, 5) is 29.9. The molecule has 1 fully saturated rings. The minimum Gasteiger partial charge on any atom is -0.455 e. The number of aromatic nitrogens is 1. The van der Waals surface area contributed by atoms with Gasteiger partial charge in [0.2, 0.25) is 5.91 Å². The molecule has 3 heterocycles. The number of amides is 2. The molecule has 1 aromatic carbocycles. The van der Waals surface area contributed by atoms with Crippen molar-refractivity contribution >= 4 is 34.7 Å². The molecule has 0 radical (unpaired) electrons. The number of carbonyl (C=O) groups excluding carboxylic acids is 2. The quantitative estimate of drug-likeness (QED) is 0.677. The fraction of sp³-hybridized carbons (Fsp3) is 0.316. The SMILES string of the molecule is NC(=O)C1CCN(C(=O)c2ccc(CSc3nc4ccccc4o3)o2)CC1. The Balaban J connectivity index is 1.35. The van der Waals surface area contributed by atoms with Crippen LogP contribution in [0.2, 0.25) is 0 Å². The molecule has 2 amide bonds. The van der Waals surface area contributed by atoms with Crippen molar-refractivity contribution < 1.29 is 18.4 Å². The Kier molecular flexibility index (Phi) is 4.89. The topological polar surface area (TPSA) is 103 Å². The molecule has 3 aromatic rings. The number of nitrogens with two attached hydrogens (primary N) is 1. The average Bonchev–Trinajstić information content (AvgIpc) is 3.32. The van der Waals surface area contributed by atoms with Crippen LogP contribution in [0.15, 0.2) is 50.5 Å². The normalized spacial score (nSPS) is 15.3. The van der Waals surface area contributed by atoms with Crippen molar-refractivity contribution in [3.63, 3.8) is 0 Å². The summed E-state index contributed by atoms with van der Waals surface area (Å²) in [7, 11) is 0. The van der Waals surface area contributed by atoms with E-state index in [1.54, 1.807) is 17.0 Å². The number of piperidine rings is 1. The number of carbonyl (C=O) groups is 2. The maximum atomic E-state index is 12.6. The molecule has 27 heavy (non-hydrogen) atoms. The summed E-state index contributed by atoms with van der Waals surface area (Å²) < 4.78 is 11.4. The summed E-state index contributed by atoms with van der Waals surface area (Å²) in [6, 6.07) is 11.1. The second-order valence-corrected chi connectivity index (χ2v) is 7.40. The second kappa shape index (κ2) is 7.48. The summed E-state index contributed by atoms with van der Waals surface area (Å²) in [5, 5.41) is 0.564. The average molecular weight is 385 g/mol. The molecule has 1 saturated heterocycles. The number of oxazole rings is 1. The molecule has 8 heteroatoms. The smallest absolute Gasteiger partial charge is 0.289 e. The number of furan rings is 1. The van der Waals surface area contributed by atoms with Crippen LogP contribution in [0.4, 0.5) is 0 Å². The van der Waals surface area contributed by atoms with Crippen molar-refractivity contribution in [1.82, 2.24) is 9.88 Å². The minimum atomic E-state index is -0.293. The molecular formula is C19H19N3O4S. The van der Waals surface area contributed by atoms with Crippen LogP contribution in [-0.4, -0.2) is 34.8 Å². The predicted octanol–water partition coefficient (Wildman–Crippen LogP) is 3.05. The first-order chi connectivity index (χ1) is 13.1. The van der Waals surface area contributed by atoms with E-state index in [0.717, 1.165) is 11.1 Å². The van der Waals surface area contributed by atoms with Crippen LogP contribution in [0.5, 0.6) is 0 Å². The molecule has 0 aliphatic carbocycles. The maximum absolute atomic E-state index is 12.6. The summed E-state index contributed by atoms with van der Waals surface area (Å²) >= 11 is 1.42. The molecule has 0 bridgehead atoms. The van der Waals surface area contributed by atoms with Crippen LogP contribution in [-0.2, 0) is 10.5 Å². The summed E-state index contributed by atoms with van der Waals surface area (Å²) in [5.41, 5.74) is 6.89. The lowest BCUT2D eigenvalue weighted by molar-refractivity contribution is -0.123. The van der Waals surface area contributed by atoms with Gasteiger partial charge in [0.15, 0.2) is 11.3 Å². The molecule has 7 nitrogen and oxygen atoms in total. The van der Waals surface area contributed by atoms with E-state index in [1.165, 1.54) is 11.8 Å². The van der Waals surface area contributed by atoms with Crippen LogP contribution < -0.4 is 5.73 Å². The number of likely N-dealkylation sites (tertiary alicyclic amines) is 1. The van der Waals surface area contributed by atoms with Crippen molar-refractivity contribution in [2.24, 2.45) is 11.7 Å². The van der Waals surface area contributed by atoms with Crippen LogP contribution in [0.25, 0.3) is 11.1 Å². The molecule has 0 unspecified atom stereocenters. The van der Waals surface area contributed by atoms with Crippen molar-refractivity contribution in [2.45, 2.75) is 23.8 Å². The summed E-state index contributed by atoms with van der Waals surface area (Å²) in [5.74, 6) is 0.908. The molecule has 2 N–H and O–H groups in total. The van der Waals surface area contributed by atoms with Gasteiger partial charge in [0.1, 0.15) is 11.3 Å². The highest BCUT2D eigenvalue weighted by Crippen LogP contribution is 2.27. The number of benzene rings is 1. The van der Waals surface area contributed by atoms with Gasteiger partial charge in [0, 0.05) is 19.0 Å². The number of primary amides is 1. The molecule has 2 aromatic heterocycles. The van der Waals surface area contributed by atoms with Crippen molar-refractivity contribution in [1.29, 1.82) is 0 Å². The van der Waals surface area contributed by atoms with Gasteiger partial charge in [-0.1, -0.05) is 23.9 Å². The largest absolute Gasteiger partial charge is 0.455 e. The lowest BCUT2D eigenvalue weighted by Gasteiger charge is -2.29. The second-order valence-electron chi connectivity index (χ2n) is 6.47.